The van der Waals surface area contributed by atoms with Crippen LogP contribution in [0.1, 0.15) is 41.2 Å². The minimum absolute atomic E-state index is 0.0578. The first-order valence-electron chi connectivity index (χ1n) is 12.2. The van der Waals surface area contributed by atoms with Crippen LogP contribution in [-0.4, -0.2) is 71.6 Å². The SMILES string of the molecule is O=C(NOC1CCCCO1)c1cnc(N2CCN(C(CO)c3cccc4ccccc34)CC2)nc1. The summed E-state index contributed by atoms with van der Waals surface area (Å²) in [5.41, 5.74) is 3.91. The summed E-state index contributed by atoms with van der Waals surface area (Å²) in [7, 11) is 0. The quantitative estimate of drug-likeness (QED) is 0.501. The van der Waals surface area contributed by atoms with E-state index in [-0.39, 0.29) is 12.6 Å². The first-order valence-corrected chi connectivity index (χ1v) is 12.2. The molecule has 2 aliphatic rings. The number of aliphatic hydroxyl groups excluding tert-OH is 1. The van der Waals surface area contributed by atoms with E-state index in [0.29, 0.717) is 18.1 Å². The maximum Gasteiger partial charge on any atom is 0.278 e. The third-order valence-electron chi connectivity index (χ3n) is 6.71. The van der Waals surface area contributed by atoms with Gasteiger partial charge < -0.3 is 14.7 Å². The van der Waals surface area contributed by atoms with Gasteiger partial charge in [-0.3, -0.25) is 9.69 Å². The molecule has 2 atom stereocenters. The molecule has 0 spiro atoms. The van der Waals surface area contributed by atoms with Gasteiger partial charge in [-0.15, -0.1) is 0 Å². The molecule has 1 amide bonds. The van der Waals surface area contributed by atoms with Crippen molar-refractivity contribution in [3.63, 3.8) is 0 Å². The molecule has 9 heteroatoms. The highest BCUT2D eigenvalue weighted by atomic mass is 16.8. The monoisotopic (exact) mass is 477 g/mol. The van der Waals surface area contributed by atoms with Crippen LogP contribution >= 0.6 is 0 Å². The van der Waals surface area contributed by atoms with Crippen LogP contribution in [-0.2, 0) is 9.57 Å². The van der Waals surface area contributed by atoms with E-state index in [9.17, 15) is 9.90 Å². The Bertz CT molecular complexity index is 1120. The first-order chi connectivity index (χ1) is 17.2. The van der Waals surface area contributed by atoms with Gasteiger partial charge in [-0.2, -0.15) is 0 Å². The average molecular weight is 478 g/mol. The van der Waals surface area contributed by atoms with Crippen LogP contribution in [0, 0.1) is 0 Å². The van der Waals surface area contributed by atoms with Crippen LogP contribution in [0.25, 0.3) is 10.8 Å². The van der Waals surface area contributed by atoms with Gasteiger partial charge in [-0.05, 0) is 29.2 Å². The van der Waals surface area contributed by atoms with E-state index in [1.165, 1.54) is 23.2 Å². The number of hydrogen-bond acceptors (Lipinski definition) is 8. The molecule has 9 nitrogen and oxygen atoms in total. The van der Waals surface area contributed by atoms with Crippen molar-refractivity contribution in [3.05, 3.63) is 66.0 Å². The average Bonchev–Trinajstić information content (AvgIpc) is 2.93. The molecule has 184 valence electrons. The largest absolute Gasteiger partial charge is 0.394 e. The fourth-order valence-corrected chi connectivity index (χ4v) is 4.77. The van der Waals surface area contributed by atoms with Crippen LogP contribution in [0.5, 0.6) is 0 Å². The van der Waals surface area contributed by atoms with Gasteiger partial charge in [0.05, 0.1) is 18.2 Å². The van der Waals surface area contributed by atoms with Gasteiger partial charge in [-0.25, -0.2) is 20.3 Å². The van der Waals surface area contributed by atoms with Gasteiger partial charge in [0.15, 0.2) is 6.29 Å². The fraction of sp³-hybridized carbons (Fsp3) is 0.423. The molecule has 1 aromatic heterocycles. The molecular weight excluding hydrogens is 446 g/mol. The summed E-state index contributed by atoms with van der Waals surface area (Å²) in [5, 5.41) is 12.6. The number of hydroxylamine groups is 1. The van der Waals surface area contributed by atoms with E-state index in [4.69, 9.17) is 9.57 Å². The van der Waals surface area contributed by atoms with E-state index in [0.717, 1.165) is 51.0 Å². The molecule has 0 radical (unpaired) electrons. The van der Waals surface area contributed by atoms with Gasteiger partial charge in [-0.1, -0.05) is 42.5 Å². The highest BCUT2D eigenvalue weighted by Gasteiger charge is 2.27. The second-order valence-corrected chi connectivity index (χ2v) is 8.91. The number of piperazine rings is 1. The maximum absolute atomic E-state index is 12.3. The van der Waals surface area contributed by atoms with Crippen molar-refractivity contribution in [1.29, 1.82) is 0 Å². The molecule has 5 rings (SSSR count). The number of nitrogens with zero attached hydrogens (tertiary/aromatic N) is 4. The molecule has 2 aromatic carbocycles. The number of anilines is 1. The second kappa shape index (κ2) is 11.1. The van der Waals surface area contributed by atoms with Crippen LogP contribution < -0.4 is 10.4 Å². The van der Waals surface area contributed by atoms with Crippen LogP contribution in [0.15, 0.2) is 54.9 Å². The maximum atomic E-state index is 12.3. The Balaban J connectivity index is 1.18. The summed E-state index contributed by atoms with van der Waals surface area (Å²) >= 11 is 0. The topological polar surface area (TPSA) is 100 Å². The van der Waals surface area contributed by atoms with Gasteiger partial charge in [0.2, 0.25) is 5.95 Å². The van der Waals surface area contributed by atoms with Gasteiger partial charge in [0.25, 0.3) is 5.91 Å². The summed E-state index contributed by atoms with van der Waals surface area (Å²) in [6.45, 7) is 3.71. The lowest BCUT2D eigenvalue weighted by Gasteiger charge is -2.39. The molecule has 2 aliphatic heterocycles. The highest BCUT2D eigenvalue weighted by molar-refractivity contribution is 5.92. The lowest BCUT2D eigenvalue weighted by atomic mass is 9.97. The molecule has 3 heterocycles. The summed E-state index contributed by atoms with van der Waals surface area (Å²) < 4.78 is 5.45. The van der Waals surface area contributed by atoms with E-state index in [2.05, 4.69) is 55.6 Å². The summed E-state index contributed by atoms with van der Waals surface area (Å²) in [6.07, 6.45) is 5.43. The molecule has 2 N–H and O–H groups in total. The van der Waals surface area contributed by atoms with E-state index < -0.39 is 12.2 Å². The van der Waals surface area contributed by atoms with Gasteiger partial charge in [0.1, 0.15) is 0 Å². The van der Waals surface area contributed by atoms with Crippen molar-refractivity contribution in [2.45, 2.75) is 31.6 Å². The lowest BCUT2D eigenvalue weighted by Crippen LogP contribution is -2.49. The smallest absolute Gasteiger partial charge is 0.278 e. The Labute approximate surface area is 204 Å². The summed E-state index contributed by atoms with van der Waals surface area (Å²) in [4.78, 5) is 30.9. The molecule has 3 aromatic rings. The van der Waals surface area contributed by atoms with Gasteiger partial charge in [0, 0.05) is 51.6 Å². The Hall–Kier alpha value is -3.11. The van der Waals surface area contributed by atoms with Crippen molar-refractivity contribution >= 4 is 22.6 Å². The lowest BCUT2D eigenvalue weighted by molar-refractivity contribution is -0.186. The van der Waals surface area contributed by atoms with Crippen molar-refractivity contribution in [2.75, 3.05) is 44.3 Å². The number of nitrogens with one attached hydrogen (secondary N) is 1. The second-order valence-electron chi connectivity index (χ2n) is 8.91. The standard InChI is InChI=1S/C26H31N5O4/c32-18-23(22-9-5-7-19-6-1-2-8-21(19)22)30-11-13-31(14-12-30)26-27-16-20(17-28-26)25(33)29-35-24-10-3-4-15-34-24/h1-2,5-9,16-17,23-24,32H,3-4,10-15,18H2,(H,29,33). The molecule has 2 unspecified atom stereocenters. The van der Waals surface area contributed by atoms with Crippen LogP contribution in [0.4, 0.5) is 5.95 Å². The molecule has 0 bridgehead atoms. The summed E-state index contributed by atoms with van der Waals surface area (Å²) in [5.74, 6) is 0.194. The zero-order valence-electron chi connectivity index (χ0n) is 19.7. The zero-order chi connectivity index (χ0) is 24.0. The third-order valence-corrected chi connectivity index (χ3v) is 6.71. The molecule has 0 saturated carbocycles. The Kier molecular flexibility index (Phi) is 7.48. The fourth-order valence-electron chi connectivity index (χ4n) is 4.77. The van der Waals surface area contributed by atoms with Crippen molar-refractivity contribution in [2.24, 2.45) is 0 Å². The molecule has 35 heavy (non-hydrogen) atoms. The Morgan fingerprint density at radius 1 is 1.09 bits per heavy atom. The number of ether oxygens (including phenoxy) is 1. The minimum atomic E-state index is -0.402. The Morgan fingerprint density at radius 2 is 1.86 bits per heavy atom. The predicted octanol–water partition coefficient (Wildman–Crippen LogP) is 2.67. The highest BCUT2D eigenvalue weighted by Crippen LogP contribution is 2.29. The third kappa shape index (κ3) is 5.43. The number of amides is 1. The minimum Gasteiger partial charge on any atom is -0.394 e. The number of benzene rings is 2. The normalized spacial score (nSPS) is 20.0. The number of hydrogen-bond donors (Lipinski definition) is 2. The van der Waals surface area contributed by atoms with E-state index >= 15 is 0 Å². The number of fused-ring (bicyclic) bond motifs is 1. The number of aromatic nitrogens is 2. The number of rotatable bonds is 7. The number of aliphatic hydroxyl groups is 1. The van der Waals surface area contributed by atoms with Gasteiger partial charge >= 0.3 is 0 Å². The Morgan fingerprint density at radius 3 is 2.60 bits per heavy atom. The molecule has 0 aliphatic carbocycles. The molecule has 2 saturated heterocycles. The molecule has 2 fully saturated rings. The number of carbonyl (C=O) groups is 1. The summed E-state index contributed by atoms with van der Waals surface area (Å²) in [6, 6.07) is 14.5. The first kappa shape index (κ1) is 23.6. The van der Waals surface area contributed by atoms with Crippen LogP contribution in [0.3, 0.4) is 0 Å². The zero-order valence-corrected chi connectivity index (χ0v) is 19.7. The number of carbonyl (C=O) groups excluding carboxylic acids is 1. The van der Waals surface area contributed by atoms with Crippen molar-refractivity contribution in [3.8, 4) is 0 Å². The van der Waals surface area contributed by atoms with Crippen molar-refractivity contribution in [1.82, 2.24) is 20.3 Å². The van der Waals surface area contributed by atoms with Crippen LogP contribution in [0.2, 0.25) is 0 Å². The molecular formula is C26H31N5O4. The van der Waals surface area contributed by atoms with E-state index in [1.54, 1.807) is 0 Å². The van der Waals surface area contributed by atoms with Crippen molar-refractivity contribution < 1.29 is 19.5 Å². The van der Waals surface area contributed by atoms with E-state index in [1.807, 2.05) is 12.1 Å². The predicted molar refractivity (Wildman–Crippen MR) is 132 cm³/mol.